The highest BCUT2D eigenvalue weighted by Gasteiger charge is 2.22. The quantitative estimate of drug-likeness (QED) is 0.804. The van der Waals surface area contributed by atoms with Gasteiger partial charge in [-0.2, -0.15) is 0 Å². The van der Waals surface area contributed by atoms with E-state index in [1.165, 1.54) is 0 Å². The van der Waals surface area contributed by atoms with E-state index in [1.54, 1.807) is 18.2 Å². The molecular formula is C15H14ClNO2. The Morgan fingerprint density at radius 3 is 2.79 bits per heavy atom. The third kappa shape index (κ3) is 2.08. The van der Waals surface area contributed by atoms with E-state index < -0.39 is 5.97 Å². The van der Waals surface area contributed by atoms with Crippen LogP contribution in [0.5, 0.6) is 0 Å². The lowest BCUT2D eigenvalue weighted by atomic mass is 9.97. The second-order valence-corrected chi connectivity index (χ2v) is 5.32. The first kappa shape index (κ1) is 12.4. The van der Waals surface area contributed by atoms with Crippen LogP contribution >= 0.6 is 11.6 Å². The van der Waals surface area contributed by atoms with Crippen LogP contribution in [0.25, 0.3) is 10.9 Å². The van der Waals surface area contributed by atoms with E-state index in [4.69, 9.17) is 11.6 Å². The molecule has 0 spiro atoms. The normalized spacial score (nSPS) is 15.0. The number of aromatic carboxylic acids is 1. The molecule has 0 saturated heterocycles. The highest BCUT2D eigenvalue weighted by atomic mass is 35.5. The lowest BCUT2D eigenvalue weighted by Crippen LogP contribution is -2.08. The lowest BCUT2D eigenvalue weighted by molar-refractivity contribution is 0.0697. The Kier molecular flexibility index (Phi) is 3.15. The molecule has 2 aromatic rings. The van der Waals surface area contributed by atoms with Gasteiger partial charge in [0.05, 0.1) is 16.1 Å². The van der Waals surface area contributed by atoms with Crippen molar-refractivity contribution in [1.29, 1.82) is 0 Å². The number of carboxylic acids is 1. The smallest absolute Gasteiger partial charge is 0.336 e. The molecule has 4 heteroatoms. The van der Waals surface area contributed by atoms with Crippen molar-refractivity contribution < 1.29 is 9.90 Å². The molecule has 1 aromatic carbocycles. The lowest BCUT2D eigenvalue weighted by Gasteiger charge is -2.13. The molecule has 0 saturated carbocycles. The van der Waals surface area contributed by atoms with E-state index in [2.05, 4.69) is 4.98 Å². The van der Waals surface area contributed by atoms with Gasteiger partial charge < -0.3 is 5.11 Å². The molecule has 0 aliphatic heterocycles. The van der Waals surface area contributed by atoms with Crippen molar-refractivity contribution in [3.05, 3.63) is 40.0 Å². The van der Waals surface area contributed by atoms with E-state index in [1.807, 2.05) is 0 Å². The number of pyridine rings is 1. The van der Waals surface area contributed by atoms with Gasteiger partial charge in [-0.25, -0.2) is 4.79 Å². The van der Waals surface area contributed by atoms with Crippen molar-refractivity contribution in [2.45, 2.75) is 32.1 Å². The summed E-state index contributed by atoms with van der Waals surface area (Å²) in [6, 6.07) is 5.33. The summed E-state index contributed by atoms with van der Waals surface area (Å²) in [5, 5.41) is 10.7. The Balaban J connectivity index is 2.40. The number of aryl methyl sites for hydroxylation is 1. The molecule has 19 heavy (non-hydrogen) atoms. The fourth-order valence-corrected chi connectivity index (χ4v) is 3.05. The number of fused-ring (bicyclic) bond motifs is 2. The number of hydrogen-bond donors (Lipinski definition) is 1. The van der Waals surface area contributed by atoms with Crippen molar-refractivity contribution in [2.75, 3.05) is 0 Å². The summed E-state index contributed by atoms with van der Waals surface area (Å²) in [4.78, 5) is 16.3. The Morgan fingerprint density at radius 1 is 1.21 bits per heavy atom. The maximum atomic E-state index is 11.6. The predicted molar refractivity (Wildman–Crippen MR) is 75.0 cm³/mol. The molecule has 1 aromatic heterocycles. The SMILES string of the molecule is O=C(O)c1c2c(nc3c(Cl)cccc13)CCCCC2. The van der Waals surface area contributed by atoms with E-state index >= 15 is 0 Å². The minimum atomic E-state index is -0.882. The van der Waals surface area contributed by atoms with Crippen LogP contribution in [0.1, 0.15) is 40.9 Å². The molecule has 3 nitrogen and oxygen atoms in total. The fraction of sp³-hybridized carbons (Fsp3) is 0.333. The molecular weight excluding hydrogens is 262 g/mol. The summed E-state index contributed by atoms with van der Waals surface area (Å²) in [6.45, 7) is 0. The fourth-order valence-electron chi connectivity index (χ4n) is 2.83. The predicted octanol–water partition coefficient (Wildman–Crippen LogP) is 3.86. The molecule has 1 N–H and O–H groups in total. The zero-order chi connectivity index (χ0) is 13.4. The number of carboxylic acid groups (broad SMARTS) is 1. The first-order valence-electron chi connectivity index (χ1n) is 6.52. The number of hydrogen-bond acceptors (Lipinski definition) is 2. The van der Waals surface area contributed by atoms with E-state index in [9.17, 15) is 9.90 Å². The molecule has 0 fully saturated rings. The number of nitrogens with zero attached hydrogens (tertiary/aromatic N) is 1. The van der Waals surface area contributed by atoms with Crippen LogP contribution in [0.2, 0.25) is 5.02 Å². The number of carbonyl (C=O) groups is 1. The van der Waals surface area contributed by atoms with Crippen LogP contribution in [0.4, 0.5) is 0 Å². The van der Waals surface area contributed by atoms with Crippen molar-refractivity contribution in [3.8, 4) is 0 Å². The van der Waals surface area contributed by atoms with Crippen LogP contribution in [-0.4, -0.2) is 16.1 Å². The van der Waals surface area contributed by atoms with Gasteiger partial charge in [0.1, 0.15) is 0 Å². The number of rotatable bonds is 1. The summed E-state index contributed by atoms with van der Waals surface area (Å²) in [7, 11) is 0. The van der Waals surface area contributed by atoms with Gasteiger partial charge >= 0.3 is 5.97 Å². The summed E-state index contributed by atoms with van der Waals surface area (Å²) < 4.78 is 0. The van der Waals surface area contributed by atoms with Gasteiger partial charge in [0, 0.05) is 11.1 Å². The molecule has 1 heterocycles. The van der Waals surface area contributed by atoms with Crippen LogP contribution in [0, 0.1) is 0 Å². The van der Waals surface area contributed by atoms with Crippen molar-refractivity contribution in [3.63, 3.8) is 0 Å². The van der Waals surface area contributed by atoms with Crippen LogP contribution < -0.4 is 0 Å². The van der Waals surface area contributed by atoms with E-state index in [0.717, 1.165) is 43.4 Å². The average molecular weight is 276 g/mol. The number of para-hydroxylation sites is 1. The van der Waals surface area contributed by atoms with Crippen molar-refractivity contribution in [1.82, 2.24) is 4.98 Å². The Labute approximate surface area is 116 Å². The number of aromatic nitrogens is 1. The standard InChI is InChI=1S/C15H14ClNO2/c16-11-7-4-6-10-13(15(18)19)9-5-2-1-3-8-12(9)17-14(10)11/h4,6-7H,1-3,5,8H2,(H,18,19). The maximum Gasteiger partial charge on any atom is 0.336 e. The molecule has 0 bridgehead atoms. The largest absolute Gasteiger partial charge is 0.478 e. The molecule has 98 valence electrons. The molecule has 3 rings (SSSR count). The van der Waals surface area contributed by atoms with Gasteiger partial charge in [0.2, 0.25) is 0 Å². The maximum absolute atomic E-state index is 11.6. The molecule has 1 aliphatic rings. The summed E-state index contributed by atoms with van der Waals surface area (Å²) in [5.74, 6) is -0.882. The van der Waals surface area contributed by atoms with Gasteiger partial charge in [0.25, 0.3) is 0 Å². The van der Waals surface area contributed by atoms with Gasteiger partial charge in [-0.05, 0) is 37.3 Å². The zero-order valence-corrected chi connectivity index (χ0v) is 11.2. The minimum Gasteiger partial charge on any atom is -0.478 e. The molecule has 1 aliphatic carbocycles. The van der Waals surface area contributed by atoms with Gasteiger partial charge in [-0.1, -0.05) is 30.2 Å². The highest BCUT2D eigenvalue weighted by molar-refractivity contribution is 6.35. The van der Waals surface area contributed by atoms with Crippen LogP contribution in [-0.2, 0) is 12.8 Å². The monoisotopic (exact) mass is 275 g/mol. The molecule has 0 radical (unpaired) electrons. The van der Waals surface area contributed by atoms with Crippen LogP contribution in [0.15, 0.2) is 18.2 Å². The highest BCUT2D eigenvalue weighted by Crippen LogP contribution is 2.31. The zero-order valence-electron chi connectivity index (χ0n) is 10.4. The Bertz CT molecular complexity index is 667. The molecule has 0 amide bonds. The number of halogens is 1. The van der Waals surface area contributed by atoms with Gasteiger partial charge in [-0.15, -0.1) is 0 Å². The van der Waals surface area contributed by atoms with Gasteiger partial charge in [0.15, 0.2) is 0 Å². The average Bonchev–Trinajstić information content (AvgIpc) is 2.61. The summed E-state index contributed by atoms with van der Waals surface area (Å²) in [5.41, 5.74) is 2.82. The van der Waals surface area contributed by atoms with Crippen LogP contribution in [0.3, 0.4) is 0 Å². The summed E-state index contributed by atoms with van der Waals surface area (Å²) in [6.07, 6.45) is 4.86. The summed E-state index contributed by atoms with van der Waals surface area (Å²) >= 11 is 6.16. The topological polar surface area (TPSA) is 50.2 Å². The Morgan fingerprint density at radius 2 is 2.00 bits per heavy atom. The number of benzene rings is 1. The third-order valence-corrected chi connectivity index (χ3v) is 4.01. The third-order valence-electron chi connectivity index (χ3n) is 3.71. The van der Waals surface area contributed by atoms with Crippen molar-refractivity contribution in [2.24, 2.45) is 0 Å². The second-order valence-electron chi connectivity index (χ2n) is 4.91. The first-order valence-corrected chi connectivity index (χ1v) is 6.89. The van der Waals surface area contributed by atoms with E-state index in [-0.39, 0.29) is 0 Å². The van der Waals surface area contributed by atoms with Crippen molar-refractivity contribution >= 4 is 28.5 Å². The first-order chi connectivity index (χ1) is 9.18. The van der Waals surface area contributed by atoms with Gasteiger partial charge in [-0.3, -0.25) is 4.98 Å². The van der Waals surface area contributed by atoms with E-state index in [0.29, 0.717) is 21.5 Å². The molecule has 0 unspecified atom stereocenters. The molecule has 0 atom stereocenters. The second kappa shape index (κ2) is 4.82. The minimum absolute atomic E-state index is 0.393. The Hall–Kier alpha value is -1.61.